The van der Waals surface area contributed by atoms with Gasteiger partial charge in [0.1, 0.15) is 17.7 Å². The number of aromatic amines is 2. The van der Waals surface area contributed by atoms with Gasteiger partial charge in [-0.1, -0.05) is 0 Å². The van der Waals surface area contributed by atoms with Gasteiger partial charge in [0.2, 0.25) is 5.91 Å². The van der Waals surface area contributed by atoms with Gasteiger partial charge in [-0.15, -0.1) is 0 Å². The molecular formula is C17H19FN6O. The van der Waals surface area contributed by atoms with E-state index >= 15 is 0 Å². The van der Waals surface area contributed by atoms with Crippen LogP contribution in [0.2, 0.25) is 0 Å². The van der Waals surface area contributed by atoms with Crippen LogP contribution < -0.4 is 10.6 Å². The van der Waals surface area contributed by atoms with E-state index in [1.54, 1.807) is 12.4 Å². The summed E-state index contributed by atoms with van der Waals surface area (Å²) < 4.78 is 13.2. The van der Waals surface area contributed by atoms with Crippen molar-refractivity contribution in [2.45, 2.75) is 25.3 Å². The van der Waals surface area contributed by atoms with Crippen molar-refractivity contribution in [3.8, 4) is 0 Å². The number of carbonyl (C=O) groups is 1. The van der Waals surface area contributed by atoms with Crippen molar-refractivity contribution in [1.29, 1.82) is 0 Å². The fourth-order valence-corrected chi connectivity index (χ4v) is 3.16. The highest BCUT2D eigenvalue weighted by Crippen LogP contribution is 2.19. The highest BCUT2D eigenvalue weighted by molar-refractivity contribution is 5.83. The number of aryl methyl sites for hydroxylation is 1. The smallest absolute Gasteiger partial charge is 0.243 e. The molecule has 0 unspecified atom stereocenters. The average Bonchev–Trinajstić information content (AvgIpc) is 3.23. The molecule has 1 aliphatic rings. The van der Waals surface area contributed by atoms with Gasteiger partial charge < -0.3 is 20.6 Å². The Morgan fingerprint density at radius 3 is 3.24 bits per heavy atom. The maximum atomic E-state index is 13.2. The Labute approximate surface area is 143 Å². The Kier molecular flexibility index (Phi) is 4.19. The first-order valence-corrected chi connectivity index (χ1v) is 8.38. The van der Waals surface area contributed by atoms with Crippen LogP contribution in [0.5, 0.6) is 0 Å². The van der Waals surface area contributed by atoms with E-state index in [-0.39, 0.29) is 11.7 Å². The number of nitrogens with one attached hydrogen (secondary N) is 4. The molecule has 3 aromatic rings. The van der Waals surface area contributed by atoms with Crippen LogP contribution in [0, 0.1) is 5.82 Å². The molecular weight excluding hydrogens is 323 g/mol. The molecule has 0 radical (unpaired) electrons. The number of rotatable bonds is 5. The van der Waals surface area contributed by atoms with Crippen LogP contribution in [0.3, 0.4) is 0 Å². The highest BCUT2D eigenvalue weighted by Gasteiger charge is 2.27. The molecule has 1 aliphatic heterocycles. The second-order valence-corrected chi connectivity index (χ2v) is 6.14. The molecule has 7 nitrogen and oxygen atoms in total. The number of amides is 1. The van der Waals surface area contributed by atoms with Gasteiger partial charge in [0, 0.05) is 31.6 Å². The molecule has 0 spiro atoms. The molecule has 8 heteroatoms. The lowest BCUT2D eigenvalue weighted by molar-refractivity contribution is -0.123. The Balaban J connectivity index is 1.30. The van der Waals surface area contributed by atoms with Crippen molar-refractivity contribution < 1.29 is 9.18 Å². The molecule has 3 heterocycles. The van der Waals surface area contributed by atoms with Crippen molar-refractivity contribution in [2.75, 3.05) is 13.1 Å². The van der Waals surface area contributed by atoms with Gasteiger partial charge in [-0.25, -0.2) is 14.4 Å². The van der Waals surface area contributed by atoms with E-state index in [9.17, 15) is 9.18 Å². The molecule has 0 bridgehead atoms. The minimum absolute atomic E-state index is 0.0697. The third-order valence-electron chi connectivity index (χ3n) is 4.39. The van der Waals surface area contributed by atoms with Crippen molar-refractivity contribution in [1.82, 2.24) is 30.6 Å². The summed E-state index contributed by atoms with van der Waals surface area (Å²) in [7, 11) is 0. The molecule has 1 amide bonds. The Morgan fingerprint density at radius 2 is 2.32 bits per heavy atom. The van der Waals surface area contributed by atoms with Gasteiger partial charge in [0.15, 0.2) is 0 Å². The van der Waals surface area contributed by atoms with Crippen LogP contribution in [0.15, 0.2) is 24.5 Å². The Bertz CT molecular complexity index is 902. The quantitative estimate of drug-likeness (QED) is 0.526. The summed E-state index contributed by atoms with van der Waals surface area (Å²) in [6, 6.07) is 4.09. The van der Waals surface area contributed by atoms with E-state index in [1.807, 2.05) is 0 Å². The molecule has 0 saturated carbocycles. The summed E-state index contributed by atoms with van der Waals surface area (Å²) in [6.45, 7) is 1.30. The zero-order valence-electron chi connectivity index (χ0n) is 13.6. The maximum Gasteiger partial charge on any atom is 0.243 e. The largest absolute Gasteiger partial charge is 0.354 e. The van der Waals surface area contributed by atoms with Crippen LogP contribution in [0.25, 0.3) is 11.0 Å². The van der Waals surface area contributed by atoms with Crippen LogP contribution in [0.4, 0.5) is 4.39 Å². The number of nitrogens with zero attached hydrogens (tertiary/aromatic N) is 2. The van der Waals surface area contributed by atoms with Crippen LogP contribution >= 0.6 is 0 Å². The molecule has 4 N–H and O–H groups in total. The third-order valence-corrected chi connectivity index (χ3v) is 4.39. The fourth-order valence-electron chi connectivity index (χ4n) is 3.16. The number of H-pyrrole nitrogens is 2. The average molecular weight is 342 g/mol. The van der Waals surface area contributed by atoms with Gasteiger partial charge in [0.25, 0.3) is 0 Å². The zero-order valence-corrected chi connectivity index (χ0v) is 13.6. The number of halogens is 1. The summed E-state index contributed by atoms with van der Waals surface area (Å²) in [4.78, 5) is 27.2. The molecule has 25 heavy (non-hydrogen) atoms. The number of imidazole rings is 2. The topological polar surface area (TPSA) is 98.5 Å². The Hall–Kier alpha value is -2.74. The highest BCUT2D eigenvalue weighted by atomic mass is 19.1. The molecule has 0 aliphatic carbocycles. The van der Waals surface area contributed by atoms with E-state index in [4.69, 9.17) is 0 Å². The summed E-state index contributed by atoms with van der Waals surface area (Å²) >= 11 is 0. The predicted octanol–water partition coefficient (Wildman–Crippen LogP) is 1.36. The molecule has 130 valence electrons. The van der Waals surface area contributed by atoms with Gasteiger partial charge in [-0.3, -0.25) is 4.79 Å². The predicted molar refractivity (Wildman–Crippen MR) is 90.4 cm³/mol. The standard InChI is InChI=1S/C17H19FN6O/c18-10-3-4-11-13(8-10)24-14(23-11)2-1-6-20-17(25)16-15-12(5-7-19-16)21-9-22-15/h3-4,8-9,16,19H,1-2,5-7H2,(H,20,25)(H,21,22)(H,23,24)/t16-/m0/s1. The van der Waals surface area contributed by atoms with E-state index in [2.05, 4.69) is 30.6 Å². The summed E-state index contributed by atoms with van der Waals surface area (Å²) in [5.74, 6) is 0.438. The maximum absolute atomic E-state index is 13.2. The van der Waals surface area contributed by atoms with Crippen molar-refractivity contribution in [2.24, 2.45) is 0 Å². The number of hydrogen-bond donors (Lipinski definition) is 4. The summed E-state index contributed by atoms with van der Waals surface area (Å²) in [6.07, 6.45) is 3.91. The van der Waals surface area contributed by atoms with E-state index in [0.29, 0.717) is 18.5 Å². The second-order valence-electron chi connectivity index (χ2n) is 6.14. The first kappa shape index (κ1) is 15.8. The monoisotopic (exact) mass is 342 g/mol. The lowest BCUT2D eigenvalue weighted by Crippen LogP contribution is -2.41. The van der Waals surface area contributed by atoms with E-state index in [0.717, 1.165) is 42.1 Å². The van der Waals surface area contributed by atoms with Crippen LogP contribution in [-0.4, -0.2) is 38.9 Å². The zero-order chi connectivity index (χ0) is 17.2. The van der Waals surface area contributed by atoms with Gasteiger partial charge in [0.05, 0.1) is 23.1 Å². The molecule has 4 rings (SSSR count). The van der Waals surface area contributed by atoms with Gasteiger partial charge in [-0.05, 0) is 24.6 Å². The number of aromatic nitrogens is 4. The molecule has 1 aromatic carbocycles. The van der Waals surface area contributed by atoms with Crippen LogP contribution in [-0.2, 0) is 17.6 Å². The lowest BCUT2D eigenvalue weighted by atomic mass is 10.1. The molecule has 1 atom stereocenters. The normalized spacial score (nSPS) is 16.8. The van der Waals surface area contributed by atoms with E-state index < -0.39 is 6.04 Å². The van der Waals surface area contributed by atoms with Crippen molar-refractivity contribution in [3.05, 3.63) is 47.6 Å². The fraction of sp³-hybridized carbons (Fsp3) is 0.353. The molecule has 0 saturated heterocycles. The third kappa shape index (κ3) is 3.25. The summed E-state index contributed by atoms with van der Waals surface area (Å²) in [5, 5.41) is 6.13. The lowest BCUT2D eigenvalue weighted by Gasteiger charge is -2.22. The first-order valence-electron chi connectivity index (χ1n) is 8.38. The number of hydrogen-bond acceptors (Lipinski definition) is 4. The minimum Gasteiger partial charge on any atom is -0.354 e. The van der Waals surface area contributed by atoms with Gasteiger partial charge in [-0.2, -0.15) is 0 Å². The van der Waals surface area contributed by atoms with Crippen molar-refractivity contribution >= 4 is 16.9 Å². The minimum atomic E-state index is -0.399. The van der Waals surface area contributed by atoms with Crippen LogP contribution in [0.1, 0.15) is 29.7 Å². The molecule has 2 aromatic heterocycles. The second kappa shape index (κ2) is 6.64. The van der Waals surface area contributed by atoms with Gasteiger partial charge >= 0.3 is 0 Å². The number of fused-ring (bicyclic) bond motifs is 2. The van der Waals surface area contributed by atoms with E-state index in [1.165, 1.54) is 12.1 Å². The summed E-state index contributed by atoms with van der Waals surface area (Å²) in [5.41, 5.74) is 3.24. The van der Waals surface area contributed by atoms with Crippen molar-refractivity contribution in [3.63, 3.8) is 0 Å². The first-order chi connectivity index (χ1) is 12.2. The Morgan fingerprint density at radius 1 is 1.40 bits per heavy atom. The number of benzene rings is 1. The molecule has 0 fully saturated rings. The SMILES string of the molecule is O=C(NCCCc1nc2ccc(F)cc2[nH]1)[C@H]1NCCc2[nH]cnc21. The number of carbonyl (C=O) groups excluding carboxylic acids is 1.